The molecule has 1 heterocycles. The highest BCUT2D eigenvalue weighted by Gasteiger charge is 2.13. The van der Waals surface area contributed by atoms with Crippen LogP contribution in [0, 0.1) is 0 Å². The second-order valence-electron chi connectivity index (χ2n) is 5.45. The average molecular weight is 351 g/mol. The Hall–Kier alpha value is -2.06. The summed E-state index contributed by atoms with van der Waals surface area (Å²) in [5, 5.41) is 2.33. The highest BCUT2D eigenvalue weighted by Crippen LogP contribution is 2.38. The van der Waals surface area contributed by atoms with Crippen LogP contribution in [-0.2, 0) is 6.42 Å². The van der Waals surface area contributed by atoms with Crippen LogP contribution in [0.4, 0.5) is 0 Å². The second kappa shape index (κ2) is 5.29. The van der Waals surface area contributed by atoms with E-state index in [1.54, 1.807) is 0 Å². The van der Waals surface area contributed by atoms with Crippen molar-refractivity contribution in [3.8, 4) is 11.1 Å². The van der Waals surface area contributed by atoms with E-state index in [0.29, 0.717) is 0 Å². The molecule has 4 aromatic rings. The molecule has 0 N–H and O–H groups in total. The Kier molecular flexibility index (Phi) is 3.27. The van der Waals surface area contributed by atoms with Crippen LogP contribution in [-0.4, -0.2) is 0 Å². The van der Waals surface area contributed by atoms with Crippen LogP contribution in [0.15, 0.2) is 69.6 Å². The third kappa shape index (κ3) is 2.06. The molecule has 1 aromatic heterocycles. The van der Waals surface area contributed by atoms with E-state index in [1.165, 1.54) is 21.9 Å². The molecular formula is C20H15BrO. The van der Waals surface area contributed by atoms with Crippen LogP contribution in [0.2, 0.25) is 0 Å². The van der Waals surface area contributed by atoms with E-state index in [4.69, 9.17) is 4.42 Å². The lowest BCUT2D eigenvalue weighted by Crippen LogP contribution is -1.85. The molecule has 0 amide bonds. The van der Waals surface area contributed by atoms with Crippen molar-refractivity contribution in [2.75, 3.05) is 0 Å². The fourth-order valence-corrected chi connectivity index (χ4v) is 3.60. The molecule has 2 heteroatoms. The Morgan fingerprint density at radius 3 is 2.50 bits per heavy atom. The topological polar surface area (TPSA) is 13.1 Å². The SMILES string of the molecule is CCc1ccc(-c2cccc3c2oc2ccccc23)c(Br)c1. The molecule has 4 rings (SSSR count). The molecule has 108 valence electrons. The van der Waals surface area contributed by atoms with E-state index in [2.05, 4.69) is 71.4 Å². The zero-order valence-electron chi connectivity index (χ0n) is 12.3. The molecule has 0 radical (unpaired) electrons. The summed E-state index contributed by atoms with van der Waals surface area (Å²) in [5.41, 5.74) is 5.51. The van der Waals surface area contributed by atoms with Crippen molar-refractivity contribution in [2.24, 2.45) is 0 Å². The maximum absolute atomic E-state index is 6.13. The predicted octanol–water partition coefficient (Wildman–Crippen LogP) is 6.58. The first-order valence-electron chi connectivity index (χ1n) is 7.47. The molecule has 0 bridgehead atoms. The molecule has 0 saturated carbocycles. The number of rotatable bonds is 2. The molecule has 22 heavy (non-hydrogen) atoms. The van der Waals surface area contributed by atoms with Crippen LogP contribution in [0.1, 0.15) is 12.5 Å². The van der Waals surface area contributed by atoms with E-state index < -0.39 is 0 Å². The lowest BCUT2D eigenvalue weighted by Gasteiger charge is -2.07. The summed E-state index contributed by atoms with van der Waals surface area (Å²) >= 11 is 3.71. The number of hydrogen-bond acceptors (Lipinski definition) is 1. The normalized spacial score (nSPS) is 11.4. The molecule has 0 unspecified atom stereocenters. The molecule has 1 nitrogen and oxygen atoms in total. The Bertz CT molecular complexity index is 982. The maximum atomic E-state index is 6.13. The van der Waals surface area contributed by atoms with Gasteiger partial charge in [-0.25, -0.2) is 0 Å². The van der Waals surface area contributed by atoms with Gasteiger partial charge in [0, 0.05) is 20.8 Å². The van der Waals surface area contributed by atoms with Crippen molar-refractivity contribution in [1.82, 2.24) is 0 Å². The second-order valence-corrected chi connectivity index (χ2v) is 6.30. The van der Waals surface area contributed by atoms with E-state index >= 15 is 0 Å². The summed E-state index contributed by atoms with van der Waals surface area (Å²) in [6, 6.07) is 21.1. The van der Waals surface area contributed by atoms with Crippen molar-refractivity contribution in [2.45, 2.75) is 13.3 Å². The van der Waals surface area contributed by atoms with Gasteiger partial charge in [0.15, 0.2) is 0 Å². The highest BCUT2D eigenvalue weighted by molar-refractivity contribution is 9.10. The van der Waals surface area contributed by atoms with Gasteiger partial charge < -0.3 is 4.42 Å². The zero-order valence-corrected chi connectivity index (χ0v) is 13.9. The minimum atomic E-state index is 0.936. The summed E-state index contributed by atoms with van der Waals surface area (Å²) in [6.07, 6.45) is 1.04. The predicted molar refractivity (Wildman–Crippen MR) is 96.2 cm³/mol. The van der Waals surface area contributed by atoms with Crippen LogP contribution in [0.5, 0.6) is 0 Å². The molecule has 0 atom stereocenters. The highest BCUT2D eigenvalue weighted by atomic mass is 79.9. The van der Waals surface area contributed by atoms with Gasteiger partial charge in [-0.3, -0.25) is 0 Å². The molecule has 0 aliphatic rings. The fraction of sp³-hybridized carbons (Fsp3) is 0.100. The molecule has 3 aromatic carbocycles. The number of fused-ring (bicyclic) bond motifs is 3. The number of aryl methyl sites for hydroxylation is 1. The molecule has 0 fully saturated rings. The third-order valence-corrected chi connectivity index (χ3v) is 4.79. The van der Waals surface area contributed by atoms with Crippen molar-refractivity contribution in [3.05, 3.63) is 70.7 Å². The first-order chi connectivity index (χ1) is 10.8. The summed E-state index contributed by atoms with van der Waals surface area (Å²) < 4.78 is 7.24. The first-order valence-corrected chi connectivity index (χ1v) is 8.26. The number of para-hydroxylation sites is 2. The Morgan fingerprint density at radius 1 is 0.864 bits per heavy atom. The number of benzene rings is 3. The minimum Gasteiger partial charge on any atom is -0.455 e. The molecule has 0 aliphatic heterocycles. The average Bonchev–Trinajstić information content (AvgIpc) is 2.93. The van der Waals surface area contributed by atoms with Gasteiger partial charge >= 0.3 is 0 Å². The van der Waals surface area contributed by atoms with Crippen molar-refractivity contribution in [1.29, 1.82) is 0 Å². The van der Waals surface area contributed by atoms with Gasteiger partial charge in [0.2, 0.25) is 0 Å². The Labute approximate surface area is 137 Å². The van der Waals surface area contributed by atoms with Gasteiger partial charge in [0.1, 0.15) is 11.2 Å². The van der Waals surface area contributed by atoms with Crippen LogP contribution < -0.4 is 0 Å². The van der Waals surface area contributed by atoms with Crippen molar-refractivity contribution >= 4 is 37.9 Å². The summed E-state index contributed by atoms with van der Waals surface area (Å²) in [6.45, 7) is 2.17. The standard InChI is InChI=1S/C20H15BrO/c1-2-13-10-11-14(18(21)12-13)16-7-5-8-17-15-6-3-4-9-19(15)22-20(16)17/h3-12H,2H2,1H3. The number of hydrogen-bond donors (Lipinski definition) is 0. The van der Waals surface area contributed by atoms with E-state index in [-0.39, 0.29) is 0 Å². The van der Waals surface area contributed by atoms with Gasteiger partial charge in [0.25, 0.3) is 0 Å². The van der Waals surface area contributed by atoms with E-state index in [9.17, 15) is 0 Å². The van der Waals surface area contributed by atoms with Gasteiger partial charge in [-0.15, -0.1) is 0 Å². The lowest BCUT2D eigenvalue weighted by molar-refractivity contribution is 0.670. The summed E-state index contributed by atoms with van der Waals surface area (Å²) in [7, 11) is 0. The van der Waals surface area contributed by atoms with Gasteiger partial charge in [0.05, 0.1) is 0 Å². The maximum Gasteiger partial charge on any atom is 0.143 e. The lowest BCUT2D eigenvalue weighted by atomic mass is 10.0. The quantitative estimate of drug-likeness (QED) is 0.398. The van der Waals surface area contributed by atoms with Crippen molar-refractivity contribution < 1.29 is 4.42 Å². The largest absolute Gasteiger partial charge is 0.455 e. The number of halogens is 1. The van der Waals surface area contributed by atoms with E-state index in [1.807, 2.05) is 12.1 Å². The molecular weight excluding hydrogens is 336 g/mol. The number of furan rings is 1. The van der Waals surface area contributed by atoms with Crippen LogP contribution in [0.3, 0.4) is 0 Å². The Balaban J connectivity index is 2.03. The smallest absolute Gasteiger partial charge is 0.143 e. The van der Waals surface area contributed by atoms with E-state index in [0.717, 1.165) is 27.6 Å². The monoisotopic (exact) mass is 350 g/mol. The Morgan fingerprint density at radius 2 is 1.68 bits per heavy atom. The summed E-state index contributed by atoms with van der Waals surface area (Å²) in [4.78, 5) is 0. The zero-order chi connectivity index (χ0) is 15.1. The fourth-order valence-electron chi connectivity index (χ4n) is 2.96. The van der Waals surface area contributed by atoms with Gasteiger partial charge in [-0.1, -0.05) is 71.4 Å². The van der Waals surface area contributed by atoms with Gasteiger partial charge in [-0.2, -0.15) is 0 Å². The minimum absolute atomic E-state index is 0.936. The van der Waals surface area contributed by atoms with Crippen LogP contribution in [0.25, 0.3) is 33.1 Å². The van der Waals surface area contributed by atoms with Crippen molar-refractivity contribution in [3.63, 3.8) is 0 Å². The molecule has 0 spiro atoms. The van der Waals surface area contributed by atoms with Gasteiger partial charge in [-0.05, 0) is 29.7 Å². The molecule has 0 saturated heterocycles. The third-order valence-electron chi connectivity index (χ3n) is 4.14. The summed E-state index contributed by atoms with van der Waals surface area (Å²) in [5.74, 6) is 0. The molecule has 0 aliphatic carbocycles. The van der Waals surface area contributed by atoms with Crippen LogP contribution >= 0.6 is 15.9 Å². The first kappa shape index (κ1) is 13.6.